The minimum Gasteiger partial charge on any atom is -0.444 e. The van der Waals surface area contributed by atoms with Gasteiger partial charge >= 0.3 is 12.3 Å². The minimum atomic E-state index is -4.60. The van der Waals surface area contributed by atoms with Gasteiger partial charge in [-0.1, -0.05) is 0 Å². The molecule has 0 spiro atoms. The van der Waals surface area contributed by atoms with Crippen LogP contribution in [-0.2, 0) is 10.9 Å². The van der Waals surface area contributed by atoms with Crippen LogP contribution in [0.4, 0.5) is 23.8 Å². The number of hydrogen-bond donors (Lipinski definition) is 1. The van der Waals surface area contributed by atoms with Gasteiger partial charge in [-0.05, 0) is 36.7 Å². The molecule has 0 saturated carbocycles. The summed E-state index contributed by atoms with van der Waals surface area (Å²) in [6, 6.07) is -0.543. The first-order chi connectivity index (χ1) is 11.9. The highest BCUT2D eigenvalue weighted by Gasteiger charge is 2.36. The number of rotatable bonds is 2. The molecular formula is C15H20BrF3N4O3. The second-order valence-electron chi connectivity index (χ2n) is 6.82. The van der Waals surface area contributed by atoms with Gasteiger partial charge in [-0.15, -0.1) is 0 Å². The van der Waals surface area contributed by atoms with Gasteiger partial charge in [0.1, 0.15) is 10.2 Å². The normalized spacial score (nSPS) is 18.8. The topological polar surface area (TPSA) is 78.8 Å². The Morgan fingerprint density at radius 1 is 1.38 bits per heavy atom. The van der Waals surface area contributed by atoms with E-state index in [2.05, 4.69) is 25.9 Å². The molecular weight excluding hydrogens is 421 g/mol. The van der Waals surface area contributed by atoms with Crippen LogP contribution in [0.25, 0.3) is 0 Å². The molecule has 1 unspecified atom stereocenters. The Morgan fingerprint density at radius 3 is 2.54 bits per heavy atom. The number of carbonyl (C=O) groups excluding carboxylic acids is 1. The van der Waals surface area contributed by atoms with E-state index in [1.807, 2.05) is 0 Å². The van der Waals surface area contributed by atoms with Gasteiger partial charge in [0.25, 0.3) is 0 Å². The van der Waals surface area contributed by atoms with Gasteiger partial charge in [0.05, 0.1) is 18.8 Å². The Balaban J connectivity index is 2.16. The van der Waals surface area contributed by atoms with Gasteiger partial charge in [0.15, 0.2) is 11.5 Å². The Kier molecular flexibility index (Phi) is 6.01. The van der Waals surface area contributed by atoms with Crippen molar-refractivity contribution in [3.63, 3.8) is 0 Å². The molecule has 0 aliphatic carbocycles. The summed E-state index contributed by atoms with van der Waals surface area (Å²) in [4.78, 5) is 22.6. The average Bonchev–Trinajstić information content (AvgIpc) is 2.51. The van der Waals surface area contributed by atoms with E-state index in [0.717, 1.165) is 0 Å². The molecule has 1 atom stereocenters. The molecule has 2 rings (SSSR count). The standard InChI is InChI=1S/C15H20BrF3N4O3/c1-14(2,3)26-13(25)22-4-5-23(9(7-22)8-24)12-11(16)21-10(6-20-12)15(17,18)19/h6,9,24H,4-5,7-8H2,1-3H3. The zero-order valence-electron chi connectivity index (χ0n) is 14.5. The maximum atomic E-state index is 12.7. The van der Waals surface area contributed by atoms with Crippen molar-refractivity contribution in [1.29, 1.82) is 0 Å². The van der Waals surface area contributed by atoms with Gasteiger partial charge in [0, 0.05) is 19.6 Å². The van der Waals surface area contributed by atoms with E-state index in [1.54, 1.807) is 25.7 Å². The van der Waals surface area contributed by atoms with Crippen LogP contribution in [0.2, 0.25) is 0 Å². The largest absolute Gasteiger partial charge is 0.444 e. The van der Waals surface area contributed by atoms with Crippen molar-refractivity contribution in [2.24, 2.45) is 0 Å². The number of aliphatic hydroxyl groups excluding tert-OH is 1. The molecule has 1 aromatic heterocycles. The van der Waals surface area contributed by atoms with Crippen LogP contribution in [0, 0.1) is 0 Å². The highest BCUT2D eigenvalue weighted by Crippen LogP contribution is 2.32. The summed E-state index contributed by atoms with van der Waals surface area (Å²) in [5, 5.41) is 9.67. The first kappa shape index (κ1) is 20.7. The second kappa shape index (κ2) is 7.55. The third-order valence-electron chi connectivity index (χ3n) is 3.62. The highest BCUT2D eigenvalue weighted by molar-refractivity contribution is 9.10. The van der Waals surface area contributed by atoms with E-state index < -0.39 is 29.6 Å². The number of halogens is 4. The SMILES string of the molecule is CC(C)(C)OC(=O)N1CCN(c2ncc(C(F)(F)F)nc2Br)C(CO)C1. The lowest BCUT2D eigenvalue weighted by Crippen LogP contribution is -2.57. The van der Waals surface area contributed by atoms with Gasteiger partial charge in [-0.2, -0.15) is 13.2 Å². The van der Waals surface area contributed by atoms with Crippen molar-refractivity contribution in [2.75, 3.05) is 31.1 Å². The molecule has 1 fully saturated rings. The predicted octanol–water partition coefficient (Wildman–Crippen LogP) is 2.68. The molecule has 11 heteroatoms. The molecule has 2 heterocycles. The van der Waals surface area contributed by atoms with Crippen LogP contribution >= 0.6 is 15.9 Å². The van der Waals surface area contributed by atoms with E-state index in [1.165, 1.54) is 4.90 Å². The minimum absolute atomic E-state index is 0.0727. The number of anilines is 1. The van der Waals surface area contributed by atoms with Gasteiger partial charge in [-0.3, -0.25) is 0 Å². The van der Waals surface area contributed by atoms with Crippen molar-refractivity contribution >= 4 is 27.8 Å². The molecule has 1 amide bonds. The maximum absolute atomic E-state index is 12.7. The lowest BCUT2D eigenvalue weighted by Gasteiger charge is -2.41. The zero-order valence-corrected chi connectivity index (χ0v) is 16.1. The van der Waals surface area contributed by atoms with Crippen molar-refractivity contribution in [3.8, 4) is 0 Å². The third kappa shape index (κ3) is 4.97. The van der Waals surface area contributed by atoms with E-state index in [9.17, 15) is 23.1 Å². The number of aromatic nitrogens is 2. The molecule has 146 valence electrons. The zero-order chi connectivity index (χ0) is 19.7. The smallest absolute Gasteiger partial charge is 0.434 e. The molecule has 0 bridgehead atoms. The van der Waals surface area contributed by atoms with Gasteiger partial charge in [0.2, 0.25) is 0 Å². The maximum Gasteiger partial charge on any atom is 0.434 e. The third-order valence-corrected chi connectivity index (χ3v) is 4.15. The Bertz CT molecular complexity index is 667. The number of alkyl halides is 3. The van der Waals surface area contributed by atoms with Crippen LogP contribution in [-0.4, -0.2) is 64.0 Å². The Morgan fingerprint density at radius 2 is 2.04 bits per heavy atom. The second-order valence-corrected chi connectivity index (χ2v) is 7.57. The first-order valence-corrected chi connectivity index (χ1v) is 8.67. The van der Waals surface area contributed by atoms with E-state index in [0.29, 0.717) is 6.20 Å². The fourth-order valence-corrected chi connectivity index (χ4v) is 2.99. The fourth-order valence-electron chi connectivity index (χ4n) is 2.47. The van der Waals surface area contributed by atoms with Crippen molar-refractivity contribution in [2.45, 2.75) is 38.6 Å². The lowest BCUT2D eigenvalue weighted by atomic mass is 10.1. The summed E-state index contributed by atoms with van der Waals surface area (Å²) < 4.78 is 43.4. The number of amides is 1. The lowest BCUT2D eigenvalue weighted by molar-refractivity contribution is -0.141. The van der Waals surface area contributed by atoms with E-state index >= 15 is 0 Å². The fraction of sp³-hybridized carbons (Fsp3) is 0.667. The van der Waals surface area contributed by atoms with Gasteiger partial charge < -0.3 is 19.6 Å². The number of ether oxygens (including phenoxy) is 1. The summed E-state index contributed by atoms with van der Waals surface area (Å²) >= 11 is 3.01. The molecule has 1 N–H and O–H groups in total. The van der Waals surface area contributed by atoms with E-state index in [-0.39, 0.29) is 36.7 Å². The summed E-state index contributed by atoms with van der Waals surface area (Å²) in [5.41, 5.74) is -1.76. The molecule has 1 saturated heterocycles. The van der Waals surface area contributed by atoms with Gasteiger partial charge in [-0.25, -0.2) is 14.8 Å². The van der Waals surface area contributed by atoms with Crippen LogP contribution in [0.3, 0.4) is 0 Å². The molecule has 26 heavy (non-hydrogen) atoms. The average molecular weight is 441 g/mol. The predicted molar refractivity (Wildman–Crippen MR) is 90.8 cm³/mol. The summed E-state index contributed by atoms with van der Waals surface area (Å²) in [7, 11) is 0. The van der Waals surface area contributed by atoms with Crippen molar-refractivity contribution in [1.82, 2.24) is 14.9 Å². The Labute approximate surface area is 157 Å². The van der Waals surface area contributed by atoms with E-state index in [4.69, 9.17) is 4.74 Å². The number of hydrogen-bond acceptors (Lipinski definition) is 6. The van der Waals surface area contributed by atoms with Crippen LogP contribution in [0.1, 0.15) is 26.5 Å². The molecule has 1 aliphatic heterocycles. The van der Waals surface area contributed by atoms with Crippen LogP contribution in [0.5, 0.6) is 0 Å². The summed E-state index contributed by atoms with van der Waals surface area (Å²) in [6.07, 6.45) is -4.46. The first-order valence-electron chi connectivity index (χ1n) is 7.87. The monoisotopic (exact) mass is 440 g/mol. The molecule has 0 aromatic carbocycles. The number of carbonyl (C=O) groups is 1. The quantitative estimate of drug-likeness (QED) is 0.761. The Hall–Kier alpha value is -1.62. The number of nitrogens with zero attached hydrogens (tertiary/aromatic N) is 4. The number of aliphatic hydroxyl groups is 1. The highest BCUT2D eigenvalue weighted by atomic mass is 79.9. The molecule has 1 aliphatic rings. The van der Waals surface area contributed by atoms with Crippen molar-refractivity contribution in [3.05, 3.63) is 16.5 Å². The van der Waals surface area contributed by atoms with Crippen molar-refractivity contribution < 1.29 is 27.8 Å². The molecule has 0 radical (unpaired) electrons. The molecule has 1 aromatic rings. The van der Waals surface area contributed by atoms with Crippen LogP contribution in [0.15, 0.2) is 10.8 Å². The van der Waals surface area contributed by atoms with Crippen LogP contribution < -0.4 is 4.90 Å². The summed E-state index contributed by atoms with van der Waals surface area (Å²) in [5.74, 6) is 0.181. The summed E-state index contributed by atoms with van der Waals surface area (Å²) in [6.45, 7) is 5.64. The molecule has 7 nitrogen and oxygen atoms in total. The number of piperazine rings is 1.